The van der Waals surface area contributed by atoms with Crippen molar-refractivity contribution in [2.75, 3.05) is 6.61 Å². The van der Waals surface area contributed by atoms with Crippen molar-refractivity contribution in [1.29, 1.82) is 0 Å². The highest BCUT2D eigenvalue weighted by atomic mass is 32.2. The molecule has 0 unspecified atom stereocenters. The topological polar surface area (TPSA) is 86.1 Å². The van der Waals surface area contributed by atoms with E-state index < -0.39 is 10.0 Å². The van der Waals surface area contributed by atoms with Gasteiger partial charge in [0.05, 0.1) is 29.4 Å². The van der Waals surface area contributed by atoms with Gasteiger partial charge < -0.3 is 4.74 Å². The van der Waals surface area contributed by atoms with Crippen LogP contribution in [0.4, 0.5) is 0 Å². The number of ether oxygens (including phenoxy) is 1. The molecule has 0 aliphatic heterocycles. The molecule has 8 heteroatoms. The molecule has 0 fully saturated rings. The SMILES string of the molecule is CCOc1c(C)cc(S(=O)(=O)NCc2cc(-c3ccncc3)n(C)n2)cc1C. The van der Waals surface area contributed by atoms with E-state index in [0.717, 1.165) is 28.1 Å². The highest BCUT2D eigenvalue weighted by molar-refractivity contribution is 7.89. The lowest BCUT2D eigenvalue weighted by atomic mass is 10.1. The first kappa shape index (κ1) is 20.0. The Labute approximate surface area is 165 Å². The van der Waals surface area contributed by atoms with E-state index in [1.54, 1.807) is 29.2 Å². The van der Waals surface area contributed by atoms with Crippen LogP contribution in [0.25, 0.3) is 11.3 Å². The summed E-state index contributed by atoms with van der Waals surface area (Å²) in [6.45, 7) is 6.23. The fourth-order valence-electron chi connectivity index (χ4n) is 3.10. The van der Waals surface area contributed by atoms with Crippen LogP contribution in [0.2, 0.25) is 0 Å². The van der Waals surface area contributed by atoms with Gasteiger partial charge in [-0.2, -0.15) is 5.10 Å². The Morgan fingerprint density at radius 3 is 2.36 bits per heavy atom. The van der Waals surface area contributed by atoms with E-state index in [-0.39, 0.29) is 11.4 Å². The molecule has 3 aromatic rings. The van der Waals surface area contributed by atoms with Crippen molar-refractivity contribution in [3.05, 3.63) is 59.5 Å². The molecule has 0 saturated heterocycles. The van der Waals surface area contributed by atoms with Crippen LogP contribution < -0.4 is 9.46 Å². The average Bonchev–Trinajstić information content (AvgIpc) is 3.04. The number of hydrogen-bond donors (Lipinski definition) is 1. The third-order valence-corrected chi connectivity index (χ3v) is 5.76. The second-order valence-corrected chi connectivity index (χ2v) is 8.29. The zero-order valence-electron chi connectivity index (χ0n) is 16.4. The van der Waals surface area contributed by atoms with Gasteiger partial charge in [-0.3, -0.25) is 9.67 Å². The van der Waals surface area contributed by atoms with Crippen molar-refractivity contribution in [2.45, 2.75) is 32.2 Å². The first-order chi connectivity index (χ1) is 13.3. The molecule has 0 aliphatic rings. The van der Waals surface area contributed by atoms with E-state index >= 15 is 0 Å². The zero-order chi connectivity index (χ0) is 20.3. The lowest BCUT2D eigenvalue weighted by Gasteiger charge is -2.13. The summed E-state index contributed by atoms with van der Waals surface area (Å²) in [5.74, 6) is 0.730. The Morgan fingerprint density at radius 1 is 1.11 bits per heavy atom. The monoisotopic (exact) mass is 400 g/mol. The van der Waals surface area contributed by atoms with E-state index in [2.05, 4.69) is 14.8 Å². The number of nitrogens with zero attached hydrogens (tertiary/aromatic N) is 3. The average molecular weight is 401 g/mol. The van der Waals surface area contributed by atoms with Crippen molar-refractivity contribution in [3.8, 4) is 17.0 Å². The van der Waals surface area contributed by atoms with Gasteiger partial charge in [-0.1, -0.05) is 0 Å². The number of hydrogen-bond acceptors (Lipinski definition) is 5. The lowest BCUT2D eigenvalue weighted by Crippen LogP contribution is -2.23. The van der Waals surface area contributed by atoms with E-state index in [1.807, 2.05) is 46.0 Å². The highest BCUT2D eigenvalue weighted by Gasteiger charge is 2.18. The van der Waals surface area contributed by atoms with E-state index in [1.165, 1.54) is 0 Å². The first-order valence-electron chi connectivity index (χ1n) is 8.99. The Morgan fingerprint density at radius 2 is 1.75 bits per heavy atom. The van der Waals surface area contributed by atoms with Gasteiger partial charge in [-0.05, 0) is 62.2 Å². The summed E-state index contributed by atoms with van der Waals surface area (Å²) >= 11 is 0. The molecule has 148 valence electrons. The molecule has 0 saturated carbocycles. The minimum absolute atomic E-state index is 0.104. The van der Waals surface area contributed by atoms with Gasteiger partial charge in [0.1, 0.15) is 5.75 Å². The molecule has 28 heavy (non-hydrogen) atoms. The van der Waals surface area contributed by atoms with Crippen LogP contribution in [0.3, 0.4) is 0 Å². The van der Waals surface area contributed by atoms with Crippen molar-refractivity contribution in [2.24, 2.45) is 7.05 Å². The first-order valence-corrected chi connectivity index (χ1v) is 10.5. The summed E-state index contributed by atoms with van der Waals surface area (Å²) in [5.41, 5.74) is 4.08. The smallest absolute Gasteiger partial charge is 0.240 e. The molecule has 0 radical (unpaired) electrons. The van der Waals surface area contributed by atoms with Crippen LogP contribution in [0.5, 0.6) is 5.75 Å². The molecule has 2 heterocycles. The minimum atomic E-state index is -3.67. The quantitative estimate of drug-likeness (QED) is 0.659. The summed E-state index contributed by atoms with van der Waals surface area (Å²) in [5, 5.41) is 4.41. The molecule has 7 nitrogen and oxygen atoms in total. The van der Waals surface area contributed by atoms with Gasteiger partial charge in [0.25, 0.3) is 0 Å². The number of pyridine rings is 1. The maximum atomic E-state index is 12.7. The summed E-state index contributed by atoms with van der Waals surface area (Å²) in [6.07, 6.45) is 3.42. The molecule has 1 aromatic carbocycles. The summed E-state index contributed by atoms with van der Waals surface area (Å²) < 4.78 is 35.4. The maximum absolute atomic E-state index is 12.7. The summed E-state index contributed by atoms with van der Waals surface area (Å²) in [4.78, 5) is 4.23. The van der Waals surface area contributed by atoms with Crippen LogP contribution in [0.15, 0.2) is 47.6 Å². The molecule has 0 amide bonds. The predicted molar refractivity (Wildman–Crippen MR) is 108 cm³/mol. The molecule has 0 bridgehead atoms. The van der Waals surface area contributed by atoms with Crippen LogP contribution in [-0.4, -0.2) is 29.8 Å². The fraction of sp³-hybridized carbons (Fsp3) is 0.300. The number of rotatable bonds is 7. The van der Waals surface area contributed by atoms with Gasteiger partial charge in [-0.25, -0.2) is 13.1 Å². The Kier molecular flexibility index (Phi) is 5.81. The second kappa shape index (κ2) is 8.12. The Bertz CT molecular complexity index is 1050. The van der Waals surface area contributed by atoms with Crippen LogP contribution >= 0.6 is 0 Å². The highest BCUT2D eigenvalue weighted by Crippen LogP contribution is 2.27. The molecule has 0 aliphatic carbocycles. The van der Waals surface area contributed by atoms with E-state index in [9.17, 15) is 8.42 Å². The number of aromatic nitrogens is 3. The molecule has 3 rings (SSSR count). The van der Waals surface area contributed by atoms with Gasteiger partial charge in [0, 0.05) is 25.0 Å². The maximum Gasteiger partial charge on any atom is 0.240 e. The number of sulfonamides is 1. The molecule has 2 aromatic heterocycles. The van der Waals surface area contributed by atoms with Gasteiger partial charge in [-0.15, -0.1) is 0 Å². The van der Waals surface area contributed by atoms with Crippen LogP contribution in [-0.2, 0) is 23.6 Å². The van der Waals surface area contributed by atoms with Gasteiger partial charge >= 0.3 is 0 Å². The predicted octanol–water partition coefficient (Wildman–Crippen LogP) is 2.98. The molecule has 0 atom stereocenters. The zero-order valence-corrected chi connectivity index (χ0v) is 17.2. The Hall–Kier alpha value is -2.71. The lowest BCUT2D eigenvalue weighted by molar-refractivity contribution is 0.335. The summed E-state index contributed by atoms with van der Waals surface area (Å²) in [6, 6.07) is 8.89. The van der Waals surface area contributed by atoms with Crippen molar-refractivity contribution in [1.82, 2.24) is 19.5 Å². The standard InChI is InChI=1S/C20H24N4O3S/c1-5-27-20-14(2)10-18(11-15(20)3)28(25,26)22-13-17-12-19(24(4)23-17)16-6-8-21-9-7-16/h6-12,22H,5,13H2,1-4H3. The van der Waals surface area contributed by atoms with Crippen molar-refractivity contribution in [3.63, 3.8) is 0 Å². The number of benzene rings is 1. The van der Waals surface area contributed by atoms with Crippen LogP contribution in [0.1, 0.15) is 23.7 Å². The molecular weight excluding hydrogens is 376 g/mol. The molecule has 1 N–H and O–H groups in total. The van der Waals surface area contributed by atoms with Crippen molar-refractivity contribution < 1.29 is 13.2 Å². The molecular formula is C20H24N4O3S. The number of nitrogens with one attached hydrogen (secondary N) is 1. The second-order valence-electron chi connectivity index (χ2n) is 6.52. The third kappa shape index (κ3) is 4.23. The minimum Gasteiger partial charge on any atom is -0.493 e. The van der Waals surface area contributed by atoms with Crippen molar-refractivity contribution >= 4 is 10.0 Å². The largest absolute Gasteiger partial charge is 0.493 e. The summed E-state index contributed by atoms with van der Waals surface area (Å²) in [7, 11) is -1.84. The third-order valence-electron chi connectivity index (χ3n) is 4.38. The Balaban J connectivity index is 1.79. The van der Waals surface area contributed by atoms with Crippen LogP contribution in [0, 0.1) is 13.8 Å². The number of aryl methyl sites for hydroxylation is 3. The van der Waals surface area contributed by atoms with E-state index in [0.29, 0.717) is 12.3 Å². The van der Waals surface area contributed by atoms with Gasteiger partial charge in [0.2, 0.25) is 10.0 Å². The normalized spacial score (nSPS) is 11.6. The molecule has 0 spiro atoms. The van der Waals surface area contributed by atoms with E-state index in [4.69, 9.17) is 4.74 Å². The van der Waals surface area contributed by atoms with Gasteiger partial charge in [0.15, 0.2) is 0 Å². The fourth-order valence-corrected chi connectivity index (χ4v) is 4.26.